The molecule has 0 saturated heterocycles. The van der Waals surface area contributed by atoms with E-state index >= 15 is 0 Å². The number of para-hydroxylation sites is 1. The van der Waals surface area contributed by atoms with Crippen molar-refractivity contribution in [3.05, 3.63) is 59.4 Å². The highest BCUT2D eigenvalue weighted by atomic mass is 16.5. The van der Waals surface area contributed by atoms with E-state index in [9.17, 15) is 4.79 Å². The average molecular weight is 270 g/mol. The molecule has 104 valence electrons. The van der Waals surface area contributed by atoms with E-state index in [1.165, 1.54) is 0 Å². The lowest BCUT2D eigenvalue weighted by Crippen LogP contribution is -2.23. The van der Waals surface area contributed by atoms with Gasteiger partial charge in [0.05, 0.1) is 12.2 Å². The molecule has 1 aromatic heterocycles. The normalized spacial score (nSPS) is 10.1. The van der Waals surface area contributed by atoms with Gasteiger partial charge in [-0.2, -0.15) is 0 Å². The van der Waals surface area contributed by atoms with Crippen LogP contribution >= 0.6 is 0 Å². The quantitative estimate of drug-likeness (QED) is 0.908. The van der Waals surface area contributed by atoms with Crippen LogP contribution in [-0.4, -0.2) is 17.5 Å². The number of aryl methyl sites for hydroxylation is 1. The van der Waals surface area contributed by atoms with E-state index in [1.54, 1.807) is 12.3 Å². The largest absolute Gasteiger partial charge is 0.494 e. The van der Waals surface area contributed by atoms with E-state index in [0.29, 0.717) is 18.7 Å². The first-order valence-electron chi connectivity index (χ1n) is 6.62. The molecule has 0 aliphatic heterocycles. The van der Waals surface area contributed by atoms with Crippen LogP contribution < -0.4 is 10.1 Å². The van der Waals surface area contributed by atoms with Gasteiger partial charge >= 0.3 is 0 Å². The van der Waals surface area contributed by atoms with Gasteiger partial charge in [0, 0.05) is 24.0 Å². The smallest absolute Gasteiger partial charge is 0.253 e. The minimum absolute atomic E-state index is 0.135. The third-order valence-electron chi connectivity index (χ3n) is 2.89. The summed E-state index contributed by atoms with van der Waals surface area (Å²) in [5.41, 5.74) is 2.41. The van der Waals surface area contributed by atoms with Crippen LogP contribution in [0.3, 0.4) is 0 Å². The molecule has 0 aliphatic rings. The van der Waals surface area contributed by atoms with E-state index in [-0.39, 0.29) is 5.91 Å². The predicted molar refractivity (Wildman–Crippen MR) is 77.8 cm³/mol. The number of hydrogen-bond acceptors (Lipinski definition) is 3. The fraction of sp³-hybridized carbons (Fsp3) is 0.250. The third kappa shape index (κ3) is 3.57. The number of nitrogens with zero attached hydrogens (tertiary/aromatic N) is 1. The maximum atomic E-state index is 12.0. The van der Waals surface area contributed by atoms with E-state index in [1.807, 2.05) is 44.2 Å². The van der Waals surface area contributed by atoms with Gasteiger partial charge in [0.1, 0.15) is 5.75 Å². The Labute approximate surface area is 118 Å². The van der Waals surface area contributed by atoms with Gasteiger partial charge < -0.3 is 10.1 Å². The molecule has 0 bridgehead atoms. The van der Waals surface area contributed by atoms with Crippen molar-refractivity contribution in [3.8, 4) is 5.75 Å². The zero-order valence-electron chi connectivity index (χ0n) is 11.7. The molecule has 0 aliphatic carbocycles. The summed E-state index contributed by atoms with van der Waals surface area (Å²) in [6, 6.07) is 11.3. The Morgan fingerprint density at radius 1 is 1.25 bits per heavy atom. The van der Waals surface area contributed by atoms with Crippen molar-refractivity contribution >= 4 is 5.91 Å². The Morgan fingerprint density at radius 2 is 2.05 bits per heavy atom. The number of carbonyl (C=O) groups excluding carboxylic acids is 1. The van der Waals surface area contributed by atoms with Crippen molar-refractivity contribution in [2.75, 3.05) is 6.61 Å². The summed E-state index contributed by atoms with van der Waals surface area (Å²) in [5.74, 6) is 0.668. The number of hydrogen-bond donors (Lipinski definition) is 1. The monoisotopic (exact) mass is 270 g/mol. The second-order valence-corrected chi connectivity index (χ2v) is 4.41. The number of rotatable bonds is 5. The number of ether oxygens (including phenoxy) is 1. The Morgan fingerprint density at radius 3 is 2.75 bits per heavy atom. The van der Waals surface area contributed by atoms with Gasteiger partial charge in [-0.05, 0) is 32.0 Å². The summed E-state index contributed by atoms with van der Waals surface area (Å²) >= 11 is 0. The Balaban J connectivity index is 2.01. The number of pyridine rings is 1. The summed E-state index contributed by atoms with van der Waals surface area (Å²) < 4.78 is 5.53. The Bertz CT molecular complexity index is 579. The molecular formula is C16H18N2O2. The molecule has 1 N–H and O–H groups in total. The standard InChI is InChI=1S/C16H18N2O2/c1-3-20-15-7-5-4-6-13(15)10-18-16(19)14-9-8-12(2)17-11-14/h4-9,11H,3,10H2,1-2H3,(H,18,19). The highest BCUT2D eigenvalue weighted by Crippen LogP contribution is 2.17. The maximum absolute atomic E-state index is 12.0. The van der Waals surface area contributed by atoms with Gasteiger partial charge in [-0.1, -0.05) is 18.2 Å². The Kier molecular flexibility index (Phi) is 4.71. The zero-order chi connectivity index (χ0) is 14.4. The molecule has 20 heavy (non-hydrogen) atoms. The first-order chi connectivity index (χ1) is 9.70. The third-order valence-corrected chi connectivity index (χ3v) is 2.89. The molecule has 1 aromatic carbocycles. The molecule has 0 radical (unpaired) electrons. The van der Waals surface area contributed by atoms with Gasteiger partial charge in [-0.3, -0.25) is 9.78 Å². The maximum Gasteiger partial charge on any atom is 0.253 e. The van der Waals surface area contributed by atoms with Crippen molar-refractivity contribution in [2.24, 2.45) is 0 Å². The van der Waals surface area contributed by atoms with E-state index < -0.39 is 0 Å². The number of aromatic nitrogens is 1. The van der Waals surface area contributed by atoms with Crippen LogP contribution in [0.5, 0.6) is 5.75 Å². The molecule has 0 spiro atoms. The van der Waals surface area contributed by atoms with E-state index in [0.717, 1.165) is 17.0 Å². The predicted octanol–water partition coefficient (Wildman–Crippen LogP) is 2.72. The second kappa shape index (κ2) is 6.70. The van der Waals surface area contributed by atoms with Crippen LogP contribution in [0.15, 0.2) is 42.6 Å². The lowest BCUT2D eigenvalue weighted by Gasteiger charge is -2.11. The first kappa shape index (κ1) is 14.1. The minimum Gasteiger partial charge on any atom is -0.494 e. The SMILES string of the molecule is CCOc1ccccc1CNC(=O)c1ccc(C)nc1. The van der Waals surface area contributed by atoms with Crippen LogP contribution in [0, 0.1) is 6.92 Å². The molecule has 4 nitrogen and oxygen atoms in total. The molecule has 1 heterocycles. The van der Waals surface area contributed by atoms with Crippen molar-refractivity contribution in [1.29, 1.82) is 0 Å². The average Bonchev–Trinajstić information content (AvgIpc) is 2.47. The topological polar surface area (TPSA) is 51.2 Å². The van der Waals surface area contributed by atoms with Gasteiger partial charge in [-0.15, -0.1) is 0 Å². The molecular weight excluding hydrogens is 252 g/mol. The molecule has 2 aromatic rings. The zero-order valence-corrected chi connectivity index (χ0v) is 11.7. The van der Waals surface area contributed by atoms with Crippen LogP contribution in [0.2, 0.25) is 0 Å². The second-order valence-electron chi connectivity index (χ2n) is 4.41. The summed E-state index contributed by atoms with van der Waals surface area (Å²) in [6.07, 6.45) is 1.58. The summed E-state index contributed by atoms with van der Waals surface area (Å²) in [4.78, 5) is 16.1. The summed E-state index contributed by atoms with van der Waals surface area (Å²) in [5, 5.41) is 2.87. The van der Waals surface area contributed by atoms with Crippen molar-refractivity contribution in [3.63, 3.8) is 0 Å². The van der Waals surface area contributed by atoms with Crippen LogP contribution in [0.1, 0.15) is 28.5 Å². The van der Waals surface area contributed by atoms with Crippen molar-refractivity contribution < 1.29 is 9.53 Å². The van der Waals surface area contributed by atoms with Crippen molar-refractivity contribution in [2.45, 2.75) is 20.4 Å². The summed E-state index contributed by atoms with van der Waals surface area (Å²) in [7, 11) is 0. The number of nitrogens with one attached hydrogen (secondary N) is 1. The van der Waals surface area contributed by atoms with E-state index in [4.69, 9.17) is 4.74 Å². The lowest BCUT2D eigenvalue weighted by molar-refractivity contribution is 0.0950. The fourth-order valence-electron chi connectivity index (χ4n) is 1.83. The van der Waals surface area contributed by atoms with Gasteiger partial charge in [-0.25, -0.2) is 0 Å². The molecule has 4 heteroatoms. The molecule has 0 fully saturated rings. The molecule has 0 atom stereocenters. The van der Waals surface area contributed by atoms with Gasteiger partial charge in [0.25, 0.3) is 5.91 Å². The molecule has 0 unspecified atom stereocenters. The number of benzene rings is 1. The number of carbonyl (C=O) groups is 1. The highest BCUT2D eigenvalue weighted by molar-refractivity contribution is 5.93. The molecule has 2 rings (SSSR count). The van der Waals surface area contributed by atoms with Crippen LogP contribution in [0.4, 0.5) is 0 Å². The van der Waals surface area contributed by atoms with Crippen molar-refractivity contribution in [1.82, 2.24) is 10.3 Å². The molecule has 0 saturated carbocycles. The van der Waals surface area contributed by atoms with Gasteiger partial charge in [0.2, 0.25) is 0 Å². The van der Waals surface area contributed by atoms with Gasteiger partial charge in [0.15, 0.2) is 0 Å². The Hall–Kier alpha value is -2.36. The lowest BCUT2D eigenvalue weighted by atomic mass is 10.2. The fourth-order valence-corrected chi connectivity index (χ4v) is 1.83. The number of amides is 1. The first-order valence-corrected chi connectivity index (χ1v) is 6.62. The van der Waals surface area contributed by atoms with E-state index in [2.05, 4.69) is 10.3 Å². The highest BCUT2D eigenvalue weighted by Gasteiger charge is 2.07. The molecule has 1 amide bonds. The summed E-state index contributed by atoms with van der Waals surface area (Å²) in [6.45, 7) is 4.86. The van der Waals surface area contributed by atoms with Crippen LogP contribution in [0.25, 0.3) is 0 Å². The minimum atomic E-state index is -0.135. The van der Waals surface area contributed by atoms with Crippen LogP contribution in [-0.2, 0) is 6.54 Å².